The molecule has 0 aliphatic rings. The quantitative estimate of drug-likeness (QED) is 0.295. The first-order valence-corrected chi connectivity index (χ1v) is 7.97. The first kappa shape index (κ1) is 19.5. The van der Waals surface area contributed by atoms with Crippen LogP contribution in [0.3, 0.4) is 0 Å². The summed E-state index contributed by atoms with van der Waals surface area (Å²) in [5.74, 6) is -5.00. The molecule has 0 bridgehead atoms. The molecule has 0 spiro atoms. The van der Waals surface area contributed by atoms with Gasteiger partial charge in [0.2, 0.25) is 0 Å². The van der Waals surface area contributed by atoms with Gasteiger partial charge in [-0.05, 0) is 13.8 Å². The summed E-state index contributed by atoms with van der Waals surface area (Å²) in [6, 6.07) is 2.55. The van der Waals surface area contributed by atoms with E-state index in [0.29, 0.717) is 6.07 Å². The van der Waals surface area contributed by atoms with Crippen LogP contribution in [0.2, 0.25) is 0 Å². The molecule has 0 aliphatic heterocycles. The SMILES string of the molecule is CCOP(=O)(OCC)C(F)(F)C(F)(F)c1cccc([N+](=O)[O-])c1. The zero-order valence-electron chi connectivity index (χ0n) is 12.2. The summed E-state index contributed by atoms with van der Waals surface area (Å²) in [5, 5.41) is 10.6. The van der Waals surface area contributed by atoms with Crippen molar-refractivity contribution in [3.05, 3.63) is 39.9 Å². The molecule has 11 heteroatoms. The van der Waals surface area contributed by atoms with Gasteiger partial charge in [0.15, 0.2) is 0 Å². The Bertz CT molecular complexity index is 615. The molecule has 0 N–H and O–H groups in total. The summed E-state index contributed by atoms with van der Waals surface area (Å²) in [5.41, 5.74) is -7.38. The molecule has 1 aromatic rings. The lowest BCUT2D eigenvalue weighted by atomic mass is 10.1. The summed E-state index contributed by atoms with van der Waals surface area (Å²) in [7, 11) is -5.50. The predicted molar refractivity (Wildman–Crippen MR) is 72.8 cm³/mol. The van der Waals surface area contributed by atoms with Crippen molar-refractivity contribution in [1.29, 1.82) is 0 Å². The molecule has 6 nitrogen and oxygen atoms in total. The largest absolute Gasteiger partial charge is 0.412 e. The number of nitrogens with zero attached hydrogens (tertiary/aromatic N) is 1. The molecule has 1 aromatic carbocycles. The number of halogens is 4. The Morgan fingerprint density at radius 2 is 1.70 bits per heavy atom. The van der Waals surface area contributed by atoms with Crippen molar-refractivity contribution in [3.8, 4) is 0 Å². The molecule has 0 atom stereocenters. The number of hydrogen-bond donors (Lipinski definition) is 0. The zero-order valence-corrected chi connectivity index (χ0v) is 13.1. The molecule has 0 saturated heterocycles. The van der Waals surface area contributed by atoms with Crippen LogP contribution >= 0.6 is 7.60 Å². The molecule has 0 amide bonds. The lowest BCUT2D eigenvalue weighted by molar-refractivity contribution is -0.385. The van der Waals surface area contributed by atoms with Gasteiger partial charge >= 0.3 is 19.2 Å². The first-order chi connectivity index (χ1) is 10.5. The summed E-state index contributed by atoms with van der Waals surface area (Å²) < 4.78 is 77.5. The Morgan fingerprint density at radius 1 is 1.17 bits per heavy atom. The fourth-order valence-corrected chi connectivity index (χ4v) is 3.25. The average Bonchev–Trinajstić information content (AvgIpc) is 2.47. The molecule has 0 fully saturated rings. The van der Waals surface area contributed by atoms with E-state index in [4.69, 9.17) is 0 Å². The number of alkyl halides is 4. The highest BCUT2D eigenvalue weighted by atomic mass is 31.2. The van der Waals surface area contributed by atoms with Gasteiger partial charge < -0.3 is 9.05 Å². The molecular formula is C12H14F4NO5P. The topological polar surface area (TPSA) is 78.7 Å². The van der Waals surface area contributed by atoms with Gasteiger partial charge in [-0.25, -0.2) is 0 Å². The van der Waals surface area contributed by atoms with E-state index in [-0.39, 0.29) is 6.07 Å². The van der Waals surface area contributed by atoms with Crippen molar-refractivity contribution in [3.63, 3.8) is 0 Å². The van der Waals surface area contributed by atoms with Crippen molar-refractivity contribution < 1.29 is 36.1 Å². The number of rotatable bonds is 8. The van der Waals surface area contributed by atoms with Gasteiger partial charge in [-0.3, -0.25) is 14.7 Å². The van der Waals surface area contributed by atoms with Gasteiger partial charge in [0, 0.05) is 17.7 Å². The molecule has 0 unspecified atom stereocenters. The molecular weight excluding hydrogens is 345 g/mol. The van der Waals surface area contributed by atoms with Crippen LogP contribution in [0, 0.1) is 10.1 Å². The second kappa shape index (κ2) is 6.94. The highest BCUT2D eigenvalue weighted by Crippen LogP contribution is 2.69. The summed E-state index contributed by atoms with van der Waals surface area (Å²) in [4.78, 5) is 9.59. The average molecular weight is 359 g/mol. The minimum absolute atomic E-state index is 0.288. The van der Waals surface area contributed by atoms with E-state index in [1.165, 1.54) is 13.8 Å². The van der Waals surface area contributed by atoms with Gasteiger partial charge in [0.05, 0.1) is 18.1 Å². The minimum atomic E-state index is -5.50. The standard InChI is InChI=1S/C12H14F4NO5P/c1-3-21-23(20,22-4-2)12(15,16)11(13,14)9-6-5-7-10(8-9)17(18)19/h5-8H,3-4H2,1-2H3. The Labute approximate surface area is 129 Å². The number of hydrogen-bond acceptors (Lipinski definition) is 5. The number of benzene rings is 1. The Balaban J connectivity index is 3.40. The van der Waals surface area contributed by atoms with Gasteiger partial charge in [-0.2, -0.15) is 17.6 Å². The van der Waals surface area contributed by atoms with Crippen LogP contribution in [-0.4, -0.2) is 23.8 Å². The molecule has 0 heterocycles. The van der Waals surface area contributed by atoms with Crippen LogP contribution in [0.4, 0.5) is 23.2 Å². The van der Waals surface area contributed by atoms with Crippen LogP contribution in [0.5, 0.6) is 0 Å². The molecule has 1 rings (SSSR count). The third-order valence-electron chi connectivity index (χ3n) is 2.74. The monoisotopic (exact) mass is 359 g/mol. The maximum absolute atomic E-state index is 14.2. The zero-order chi connectivity index (χ0) is 17.9. The summed E-state index contributed by atoms with van der Waals surface area (Å²) >= 11 is 0. The third-order valence-corrected chi connectivity index (χ3v) is 4.90. The van der Waals surface area contributed by atoms with Crippen LogP contribution in [0.1, 0.15) is 19.4 Å². The fourth-order valence-electron chi connectivity index (χ4n) is 1.70. The normalized spacial score (nSPS) is 13.1. The van der Waals surface area contributed by atoms with E-state index < -0.39 is 48.6 Å². The first-order valence-electron chi connectivity index (χ1n) is 6.43. The second-order valence-corrected chi connectivity index (χ2v) is 6.33. The maximum Gasteiger partial charge on any atom is 0.412 e. The molecule has 130 valence electrons. The van der Waals surface area contributed by atoms with Crippen molar-refractivity contribution >= 4 is 13.3 Å². The van der Waals surface area contributed by atoms with Gasteiger partial charge in [-0.15, -0.1) is 0 Å². The van der Waals surface area contributed by atoms with Crippen LogP contribution in [0.25, 0.3) is 0 Å². The van der Waals surface area contributed by atoms with Gasteiger partial charge in [0.1, 0.15) is 0 Å². The Hall–Kier alpha value is -1.51. The number of nitro benzene ring substituents is 1. The molecule has 0 radical (unpaired) electrons. The summed E-state index contributed by atoms with van der Waals surface area (Å²) in [6.45, 7) is 1.29. The van der Waals surface area contributed by atoms with Crippen LogP contribution < -0.4 is 0 Å². The number of non-ortho nitro benzene ring substituents is 1. The Kier molecular flexibility index (Phi) is 5.89. The van der Waals surface area contributed by atoms with Crippen molar-refractivity contribution in [2.75, 3.05) is 13.2 Å². The minimum Gasteiger partial charge on any atom is -0.305 e. The smallest absolute Gasteiger partial charge is 0.305 e. The van der Waals surface area contributed by atoms with Crippen molar-refractivity contribution in [1.82, 2.24) is 0 Å². The summed E-state index contributed by atoms with van der Waals surface area (Å²) in [6.07, 6.45) is 0. The van der Waals surface area contributed by atoms with E-state index in [0.717, 1.165) is 12.1 Å². The van der Waals surface area contributed by atoms with Crippen molar-refractivity contribution in [2.45, 2.75) is 25.4 Å². The maximum atomic E-state index is 14.2. The van der Waals surface area contributed by atoms with Crippen molar-refractivity contribution in [2.24, 2.45) is 0 Å². The second-order valence-electron chi connectivity index (χ2n) is 4.26. The van der Waals surface area contributed by atoms with E-state index in [1.807, 2.05) is 0 Å². The molecule has 0 saturated carbocycles. The van der Waals surface area contributed by atoms with Crippen LogP contribution in [-0.2, 0) is 19.5 Å². The number of nitro groups is 1. The van der Waals surface area contributed by atoms with E-state index in [9.17, 15) is 32.2 Å². The van der Waals surface area contributed by atoms with E-state index in [2.05, 4.69) is 9.05 Å². The van der Waals surface area contributed by atoms with E-state index >= 15 is 0 Å². The fraction of sp³-hybridized carbons (Fsp3) is 0.500. The van der Waals surface area contributed by atoms with E-state index in [1.54, 1.807) is 0 Å². The lowest BCUT2D eigenvalue weighted by Gasteiger charge is -2.31. The molecule has 0 aliphatic carbocycles. The molecule has 23 heavy (non-hydrogen) atoms. The van der Waals surface area contributed by atoms with Gasteiger partial charge in [-0.1, -0.05) is 12.1 Å². The highest BCUT2D eigenvalue weighted by molar-refractivity contribution is 7.55. The predicted octanol–water partition coefficient (Wildman–Crippen LogP) is 4.55. The molecule has 0 aromatic heterocycles. The lowest BCUT2D eigenvalue weighted by Crippen LogP contribution is -2.39. The highest BCUT2D eigenvalue weighted by Gasteiger charge is 2.71. The third kappa shape index (κ3) is 3.54. The van der Waals surface area contributed by atoms with Gasteiger partial charge in [0.25, 0.3) is 5.69 Å². The van der Waals surface area contributed by atoms with Crippen LogP contribution in [0.15, 0.2) is 24.3 Å². The Morgan fingerprint density at radius 3 is 2.13 bits per heavy atom.